The van der Waals surface area contributed by atoms with E-state index in [4.69, 9.17) is 5.73 Å². The number of para-hydroxylation sites is 1. The molecule has 0 bridgehead atoms. The molecule has 0 atom stereocenters. The zero-order valence-corrected chi connectivity index (χ0v) is 11.6. The highest BCUT2D eigenvalue weighted by molar-refractivity contribution is 9.10. The fraction of sp³-hybridized carbons (Fsp3) is 0.0714. The first-order chi connectivity index (χ1) is 9.06. The molecule has 0 unspecified atom stereocenters. The van der Waals surface area contributed by atoms with Crippen LogP contribution in [-0.4, -0.2) is 11.0 Å². The van der Waals surface area contributed by atoms with E-state index in [0.29, 0.717) is 16.9 Å². The monoisotopic (exact) mass is 320 g/mol. The minimum atomic E-state index is -0.202. The van der Waals surface area contributed by atoms with Crippen molar-refractivity contribution < 1.29 is 9.90 Å². The van der Waals surface area contributed by atoms with E-state index < -0.39 is 0 Å². The van der Waals surface area contributed by atoms with Crippen LogP contribution in [0, 0.1) is 0 Å². The van der Waals surface area contributed by atoms with Gasteiger partial charge < -0.3 is 16.2 Å². The van der Waals surface area contributed by atoms with Gasteiger partial charge in [0.05, 0.1) is 12.1 Å². The molecule has 0 radical (unpaired) electrons. The number of hydrogen-bond acceptors (Lipinski definition) is 3. The Kier molecular flexibility index (Phi) is 4.06. The van der Waals surface area contributed by atoms with E-state index in [9.17, 15) is 9.90 Å². The second-order valence-electron chi connectivity index (χ2n) is 4.09. The van der Waals surface area contributed by atoms with E-state index >= 15 is 0 Å². The van der Waals surface area contributed by atoms with Crippen molar-refractivity contribution in [2.24, 2.45) is 0 Å². The summed E-state index contributed by atoms with van der Waals surface area (Å²) in [7, 11) is 0. The molecular weight excluding hydrogens is 308 g/mol. The third-order valence-electron chi connectivity index (χ3n) is 2.61. The number of nitrogens with one attached hydrogen (secondary N) is 1. The van der Waals surface area contributed by atoms with Crippen LogP contribution in [0.15, 0.2) is 46.9 Å². The molecule has 0 fully saturated rings. The van der Waals surface area contributed by atoms with E-state index in [0.717, 1.165) is 4.47 Å². The maximum atomic E-state index is 11.9. The summed E-state index contributed by atoms with van der Waals surface area (Å²) in [5.41, 5.74) is 7.48. The Labute approximate surface area is 119 Å². The first kappa shape index (κ1) is 13.4. The van der Waals surface area contributed by atoms with Crippen molar-refractivity contribution in [1.29, 1.82) is 0 Å². The number of amides is 1. The smallest absolute Gasteiger partial charge is 0.228 e. The van der Waals surface area contributed by atoms with E-state index in [-0.39, 0.29) is 18.1 Å². The molecule has 0 saturated heterocycles. The van der Waals surface area contributed by atoms with Crippen LogP contribution >= 0.6 is 15.9 Å². The predicted molar refractivity (Wildman–Crippen MR) is 79.0 cm³/mol. The second-order valence-corrected chi connectivity index (χ2v) is 4.95. The fourth-order valence-corrected chi connectivity index (χ4v) is 2.16. The summed E-state index contributed by atoms with van der Waals surface area (Å²) >= 11 is 3.33. The summed E-state index contributed by atoms with van der Waals surface area (Å²) in [6.07, 6.45) is 0.115. The minimum Gasteiger partial charge on any atom is -0.508 e. The highest BCUT2D eigenvalue weighted by Crippen LogP contribution is 2.25. The number of nitrogen functional groups attached to an aromatic ring is 1. The lowest BCUT2D eigenvalue weighted by Gasteiger charge is -2.08. The number of carbonyl (C=O) groups is 1. The lowest BCUT2D eigenvalue weighted by Crippen LogP contribution is -2.14. The normalized spacial score (nSPS) is 10.2. The summed E-state index contributed by atoms with van der Waals surface area (Å²) in [5, 5.41) is 12.4. The molecule has 19 heavy (non-hydrogen) atoms. The van der Waals surface area contributed by atoms with Crippen LogP contribution in [0.1, 0.15) is 5.56 Å². The van der Waals surface area contributed by atoms with Gasteiger partial charge in [-0.1, -0.05) is 18.2 Å². The molecule has 2 rings (SSSR count). The molecule has 4 nitrogen and oxygen atoms in total. The molecule has 4 N–H and O–H groups in total. The molecule has 2 aromatic carbocycles. The highest BCUT2D eigenvalue weighted by atomic mass is 79.9. The molecular formula is C14H13BrN2O2. The highest BCUT2D eigenvalue weighted by Gasteiger charge is 2.09. The molecule has 0 heterocycles. The van der Waals surface area contributed by atoms with Gasteiger partial charge in [-0.25, -0.2) is 0 Å². The van der Waals surface area contributed by atoms with Gasteiger partial charge in [-0.3, -0.25) is 4.79 Å². The number of carbonyl (C=O) groups excluding carboxylic acids is 1. The molecule has 1 amide bonds. The second kappa shape index (κ2) is 5.75. The summed E-state index contributed by atoms with van der Waals surface area (Å²) in [4.78, 5) is 11.9. The van der Waals surface area contributed by atoms with Crippen LogP contribution < -0.4 is 11.1 Å². The topological polar surface area (TPSA) is 75.3 Å². The van der Waals surface area contributed by atoms with Crippen molar-refractivity contribution >= 4 is 33.2 Å². The van der Waals surface area contributed by atoms with Crippen molar-refractivity contribution in [2.75, 3.05) is 11.1 Å². The lowest BCUT2D eigenvalue weighted by atomic mass is 10.1. The van der Waals surface area contributed by atoms with Crippen LogP contribution in [0.4, 0.5) is 11.4 Å². The Morgan fingerprint density at radius 3 is 2.68 bits per heavy atom. The van der Waals surface area contributed by atoms with Crippen LogP contribution in [0.25, 0.3) is 0 Å². The minimum absolute atomic E-state index is 0.115. The van der Waals surface area contributed by atoms with Gasteiger partial charge in [-0.15, -0.1) is 0 Å². The SMILES string of the molecule is Nc1ccc(NC(=O)Cc2ccccc2O)c(Br)c1. The van der Waals surface area contributed by atoms with Gasteiger partial charge in [0.25, 0.3) is 0 Å². The van der Waals surface area contributed by atoms with Gasteiger partial charge in [0.2, 0.25) is 5.91 Å². The van der Waals surface area contributed by atoms with Crippen molar-refractivity contribution in [3.05, 3.63) is 52.5 Å². The molecule has 0 saturated carbocycles. The average Bonchev–Trinajstić information content (AvgIpc) is 2.36. The number of benzene rings is 2. The fourth-order valence-electron chi connectivity index (χ4n) is 1.66. The van der Waals surface area contributed by atoms with E-state index in [1.165, 1.54) is 0 Å². The number of nitrogens with two attached hydrogens (primary N) is 1. The molecule has 0 aliphatic carbocycles. The zero-order valence-electron chi connectivity index (χ0n) is 10.1. The standard InChI is InChI=1S/C14H13BrN2O2/c15-11-8-10(16)5-6-12(11)17-14(19)7-9-3-1-2-4-13(9)18/h1-6,8,18H,7,16H2,(H,17,19). The molecule has 0 aliphatic heterocycles. The van der Waals surface area contributed by atoms with Crippen LogP contribution in [-0.2, 0) is 11.2 Å². The quantitative estimate of drug-likeness (QED) is 0.761. The van der Waals surface area contributed by atoms with Crippen molar-refractivity contribution in [3.63, 3.8) is 0 Å². The van der Waals surface area contributed by atoms with E-state index in [2.05, 4.69) is 21.2 Å². The van der Waals surface area contributed by atoms with Crippen molar-refractivity contribution in [2.45, 2.75) is 6.42 Å². The van der Waals surface area contributed by atoms with Gasteiger partial charge in [0.15, 0.2) is 0 Å². The molecule has 98 valence electrons. The molecule has 5 heteroatoms. The Morgan fingerprint density at radius 2 is 2.00 bits per heavy atom. The number of halogens is 1. The first-order valence-corrected chi connectivity index (χ1v) is 6.47. The van der Waals surface area contributed by atoms with Gasteiger partial charge >= 0.3 is 0 Å². The predicted octanol–water partition coefficient (Wildman–Crippen LogP) is 2.92. The Morgan fingerprint density at radius 1 is 1.26 bits per heavy atom. The Hall–Kier alpha value is -2.01. The number of phenolic OH excluding ortho intramolecular Hbond substituents is 1. The summed E-state index contributed by atoms with van der Waals surface area (Å²) in [5.74, 6) is -0.0824. The maximum absolute atomic E-state index is 11.9. The van der Waals surface area contributed by atoms with E-state index in [1.54, 1.807) is 42.5 Å². The number of phenols is 1. The summed E-state index contributed by atoms with van der Waals surface area (Å²) in [6, 6.07) is 11.9. The van der Waals surface area contributed by atoms with Crippen LogP contribution in [0.2, 0.25) is 0 Å². The van der Waals surface area contributed by atoms with E-state index in [1.807, 2.05) is 0 Å². The number of hydrogen-bond donors (Lipinski definition) is 3. The molecule has 0 spiro atoms. The van der Waals surface area contributed by atoms with Crippen LogP contribution in [0.3, 0.4) is 0 Å². The number of rotatable bonds is 3. The zero-order chi connectivity index (χ0) is 13.8. The maximum Gasteiger partial charge on any atom is 0.228 e. The Bertz CT molecular complexity index is 614. The molecule has 0 aromatic heterocycles. The van der Waals surface area contributed by atoms with Gasteiger partial charge in [-0.2, -0.15) is 0 Å². The van der Waals surface area contributed by atoms with Crippen molar-refractivity contribution in [3.8, 4) is 5.75 Å². The Balaban J connectivity index is 2.08. The summed E-state index contributed by atoms with van der Waals surface area (Å²) < 4.78 is 0.720. The number of anilines is 2. The van der Waals surface area contributed by atoms with Crippen molar-refractivity contribution in [1.82, 2.24) is 0 Å². The third-order valence-corrected chi connectivity index (χ3v) is 3.27. The molecule has 0 aliphatic rings. The summed E-state index contributed by atoms with van der Waals surface area (Å²) in [6.45, 7) is 0. The lowest BCUT2D eigenvalue weighted by molar-refractivity contribution is -0.115. The van der Waals surface area contributed by atoms with Gasteiger partial charge in [-0.05, 0) is 40.2 Å². The average molecular weight is 321 g/mol. The largest absolute Gasteiger partial charge is 0.508 e. The third kappa shape index (κ3) is 3.48. The first-order valence-electron chi connectivity index (χ1n) is 5.68. The van der Waals surface area contributed by atoms with Gasteiger partial charge in [0, 0.05) is 15.7 Å². The van der Waals surface area contributed by atoms with Gasteiger partial charge in [0.1, 0.15) is 5.75 Å². The van der Waals surface area contributed by atoms with Crippen LogP contribution in [0.5, 0.6) is 5.75 Å². The number of aromatic hydroxyl groups is 1. The molecule has 2 aromatic rings.